The zero-order valence-electron chi connectivity index (χ0n) is 15.6. The number of carbonyl (C=O) groups is 1. The van der Waals surface area contributed by atoms with Gasteiger partial charge in [0.25, 0.3) is 0 Å². The fourth-order valence-corrected chi connectivity index (χ4v) is 3.40. The molecule has 0 radical (unpaired) electrons. The third-order valence-corrected chi connectivity index (χ3v) is 5.09. The van der Waals surface area contributed by atoms with E-state index in [2.05, 4.69) is 10.4 Å². The highest BCUT2D eigenvalue weighted by atomic mass is 35.5. The van der Waals surface area contributed by atoms with E-state index in [0.29, 0.717) is 15.6 Å². The lowest BCUT2D eigenvalue weighted by molar-refractivity contribution is -0.116. The Morgan fingerprint density at radius 1 is 1.07 bits per heavy atom. The molecule has 0 aliphatic rings. The van der Waals surface area contributed by atoms with Crippen molar-refractivity contribution in [3.05, 3.63) is 88.4 Å². The fourth-order valence-electron chi connectivity index (χ4n) is 2.99. The van der Waals surface area contributed by atoms with Crippen molar-refractivity contribution in [2.75, 3.05) is 5.32 Å². The van der Waals surface area contributed by atoms with Crippen molar-refractivity contribution in [1.29, 1.82) is 0 Å². The van der Waals surface area contributed by atoms with Crippen molar-refractivity contribution in [1.82, 2.24) is 19.1 Å². The van der Waals surface area contributed by atoms with Crippen LogP contribution in [-0.4, -0.2) is 25.0 Å². The zero-order valence-corrected chi connectivity index (χ0v) is 17.2. The molecule has 29 heavy (non-hydrogen) atoms. The Labute approximate surface area is 177 Å². The molecule has 0 spiro atoms. The van der Waals surface area contributed by atoms with Gasteiger partial charge in [-0.2, -0.15) is 0 Å². The average Bonchev–Trinajstić information content (AvgIpc) is 3.33. The summed E-state index contributed by atoms with van der Waals surface area (Å²) in [5, 5.41) is 8.17. The van der Waals surface area contributed by atoms with Crippen LogP contribution in [-0.2, 0) is 11.3 Å². The second-order valence-electron chi connectivity index (χ2n) is 6.51. The van der Waals surface area contributed by atoms with Gasteiger partial charge in [-0.1, -0.05) is 29.8 Å². The summed E-state index contributed by atoms with van der Waals surface area (Å²) in [6, 6.07) is 18.8. The maximum atomic E-state index is 12.6. The van der Waals surface area contributed by atoms with E-state index in [4.69, 9.17) is 23.8 Å². The zero-order chi connectivity index (χ0) is 20.4. The number of aryl methyl sites for hydroxylation is 1. The van der Waals surface area contributed by atoms with Crippen molar-refractivity contribution < 1.29 is 4.79 Å². The van der Waals surface area contributed by atoms with E-state index in [1.54, 1.807) is 16.8 Å². The van der Waals surface area contributed by atoms with Gasteiger partial charge < -0.3 is 5.32 Å². The van der Waals surface area contributed by atoms with Crippen LogP contribution in [0.15, 0.2) is 73.1 Å². The number of carbonyl (C=O) groups excluding carboxylic acids is 1. The molecule has 0 saturated carbocycles. The van der Waals surface area contributed by atoms with Crippen LogP contribution in [0.5, 0.6) is 0 Å². The number of anilines is 1. The summed E-state index contributed by atoms with van der Waals surface area (Å²) in [4.78, 5) is 12.6. The Hall–Kier alpha value is -3.16. The van der Waals surface area contributed by atoms with Gasteiger partial charge in [-0.15, -0.1) is 5.10 Å². The van der Waals surface area contributed by atoms with E-state index >= 15 is 0 Å². The van der Waals surface area contributed by atoms with E-state index in [1.807, 2.05) is 72.5 Å². The van der Waals surface area contributed by atoms with Gasteiger partial charge in [0.15, 0.2) is 5.82 Å². The molecule has 8 heteroatoms. The summed E-state index contributed by atoms with van der Waals surface area (Å²) >= 11 is 11.7. The summed E-state index contributed by atoms with van der Waals surface area (Å²) < 4.78 is 5.53. The Morgan fingerprint density at radius 3 is 2.45 bits per heavy atom. The molecule has 1 amide bonds. The molecule has 4 rings (SSSR count). The largest absolute Gasteiger partial charge is 0.324 e. The predicted molar refractivity (Wildman–Crippen MR) is 117 cm³/mol. The SMILES string of the molecule is Cc1ccccc1NC(=O)Cn1nc(-c2ccc(Cl)cc2)n(-n2cccc2)c1=S. The minimum absolute atomic E-state index is 0.00201. The normalized spacial score (nSPS) is 10.8. The summed E-state index contributed by atoms with van der Waals surface area (Å²) in [5.41, 5.74) is 2.60. The lowest BCUT2D eigenvalue weighted by Crippen LogP contribution is -2.20. The lowest BCUT2D eigenvalue weighted by Gasteiger charge is -2.08. The highest BCUT2D eigenvalue weighted by molar-refractivity contribution is 7.71. The highest BCUT2D eigenvalue weighted by Gasteiger charge is 2.16. The Morgan fingerprint density at radius 2 is 1.76 bits per heavy atom. The number of nitrogens with zero attached hydrogens (tertiary/aromatic N) is 4. The summed E-state index contributed by atoms with van der Waals surface area (Å²) in [6.07, 6.45) is 3.74. The molecule has 6 nitrogen and oxygen atoms in total. The number of nitrogens with one attached hydrogen (secondary N) is 1. The number of hydrogen-bond acceptors (Lipinski definition) is 3. The quantitative estimate of drug-likeness (QED) is 0.469. The summed E-state index contributed by atoms with van der Waals surface area (Å²) in [6.45, 7) is 1.95. The first-order chi connectivity index (χ1) is 14.0. The van der Waals surface area contributed by atoms with Crippen molar-refractivity contribution in [2.24, 2.45) is 0 Å². The van der Waals surface area contributed by atoms with Gasteiger partial charge >= 0.3 is 0 Å². The van der Waals surface area contributed by atoms with Gasteiger partial charge in [-0.05, 0) is 67.2 Å². The highest BCUT2D eigenvalue weighted by Crippen LogP contribution is 2.21. The third kappa shape index (κ3) is 4.01. The standard InChI is InChI=1S/C21H18ClN5OS/c1-15-6-2-3-7-18(15)23-19(28)14-26-21(29)27(25-12-4-5-13-25)20(24-26)16-8-10-17(22)11-9-16/h2-13H,14H2,1H3,(H,23,28). The van der Waals surface area contributed by atoms with Gasteiger partial charge in [-0.3, -0.25) is 9.47 Å². The van der Waals surface area contributed by atoms with Crippen LogP contribution < -0.4 is 5.32 Å². The van der Waals surface area contributed by atoms with Crippen LogP contribution in [0.1, 0.15) is 5.56 Å². The van der Waals surface area contributed by atoms with Crippen LogP contribution in [0.2, 0.25) is 5.02 Å². The molecule has 0 aliphatic heterocycles. The van der Waals surface area contributed by atoms with E-state index < -0.39 is 0 Å². The Kier molecular flexibility index (Phi) is 5.33. The van der Waals surface area contributed by atoms with Crippen molar-refractivity contribution in [2.45, 2.75) is 13.5 Å². The molecule has 0 aliphatic carbocycles. The van der Waals surface area contributed by atoms with Crippen molar-refractivity contribution in [3.8, 4) is 11.4 Å². The predicted octanol–water partition coefficient (Wildman–Crippen LogP) is 4.79. The molecule has 4 aromatic rings. The number of rotatable bonds is 5. The van der Waals surface area contributed by atoms with Gasteiger partial charge in [0.05, 0.1) is 0 Å². The number of hydrogen-bond donors (Lipinski definition) is 1. The first kappa shape index (κ1) is 19.2. The lowest BCUT2D eigenvalue weighted by atomic mass is 10.2. The maximum Gasteiger partial charge on any atom is 0.246 e. The Bertz CT molecular complexity index is 1210. The van der Waals surface area contributed by atoms with Gasteiger partial charge in [0.1, 0.15) is 6.54 Å². The van der Waals surface area contributed by atoms with Gasteiger partial charge in [0.2, 0.25) is 10.7 Å². The molecule has 0 bridgehead atoms. The number of amides is 1. The van der Waals surface area contributed by atoms with Crippen LogP contribution in [0.3, 0.4) is 0 Å². The number of aromatic nitrogens is 4. The van der Waals surface area contributed by atoms with E-state index in [-0.39, 0.29) is 12.5 Å². The Balaban J connectivity index is 1.70. The minimum atomic E-state index is -0.199. The van der Waals surface area contributed by atoms with Crippen LogP contribution in [0.25, 0.3) is 11.4 Å². The molecular weight excluding hydrogens is 406 g/mol. The molecule has 2 aromatic carbocycles. The topological polar surface area (TPSA) is 56.8 Å². The third-order valence-electron chi connectivity index (χ3n) is 4.45. The van der Waals surface area contributed by atoms with Gasteiger partial charge in [0, 0.05) is 28.7 Å². The number of halogens is 1. The second kappa shape index (κ2) is 8.06. The van der Waals surface area contributed by atoms with E-state index in [0.717, 1.165) is 16.8 Å². The molecule has 0 unspecified atom stereocenters. The van der Waals surface area contributed by atoms with Crippen molar-refractivity contribution in [3.63, 3.8) is 0 Å². The summed E-state index contributed by atoms with van der Waals surface area (Å²) in [7, 11) is 0. The van der Waals surface area contributed by atoms with Crippen LogP contribution in [0, 0.1) is 11.7 Å². The van der Waals surface area contributed by atoms with E-state index in [9.17, 15) is 4.79 Å². The van der Waals surface area contributed by atoms with Crippen molar-refractivity contribution >= 4 is 35.4 Å². The smallest absolute Gasteiger partial charge is 0.246 e. The molecule has 0 fully saturated rings. The second-order valence-corrected chi connectivity index (χ2v) is 7.31. The molecule has 146 valence electrons. The number of benzene rings is 2. The molecule has 1 N–H and O–H groups in total. The molecule has 0 atom stereocenters. The first-order valence-corrected chi connectivity index (χ1v) is 9.76. The number of para-hydroxylation sites is 1. The fraction of sp³-hybridized carbons (Fsp3) is 0.0952. The molecule has 2 heterocycles. The van der Waals surface area contributed by atoms with Crippen LogP contribution in [0.4, 0.5) is 5.69 Å². The monoisotopic (exact) mass is 423 g/mol. The molecule has 2 aromatic heterocycles. The summed E-state index contributed by atoms with van der Waals surface area (Å²) in [5.74, 6) is 0.418. The van der Waals surface area contributed by atoms with Gasteiger partial charge in [-0.25, -0.2) is 9.36 Å². The molecule has 0 saturated heterocycles. The first-order valence-electron chi connectivity index (χ1n) is 8.98. The molecular formula is C21H18ClN5OS. The average molecular weight is 424 g/mol. The maximum absolute atomic E-state index is 12.6. The van der Waals surface area contributed by atoms with Crippen LogP contribution >= 0.6 is 23.8 Å². The minimum Gasteiger partial charge on any atom is -0.324 e. The van der Waals surface area contributed by atoms with E-state index in [1.165, 1.54) is 4.68 Å².